The van der Waals surface area contributed by atoms with Gasteiger partial charge >= 0.3 is 0 Å². The third kappa shape index (κ3) is 3.91. The van der Waals surface area contributed by atoms with Crippen molar-refractivity contribution in [3.05, 3.63) is 96.5 Å². The van der Waals surface area contributed by atoms with Gasteiger partial charge in [0.25, 0.3) is 5.91 Å². The van der Waals surface area contributed by atoms with Crippen molar-refractivity contribution in [1.82, 2.24) is 14.8 Å². The van der Waals surface area contributed by atoms with Crippen LogP contribution >= 0.6 is 0 Å². The zero-order chi connectivity index (χ0) is 21.9. The van der Waals surface area contributed by atoms with Gasteiger partial charge in [-0.3, -0.25) is 14.6 Å². The van der Waals surface area contributed by atoms with E-state index in [9.17, 15) is 9.59 Å². The molecule has 0 fully saturated rings. The minimum atomic E-state index is -0.243. The van der Waals surface area contributed by atoms with Crippen molar-refractivity contribution in [3.8, 4) is 22.7 Å². The summed E-state index contributed by atoms with van der Waals surface area (Å²) in [6.07, 6.45) is 8.55. The minimum absolute atomic E-state index is 0.0244. The fourth-order valence-corrected chi connectivity index (χ4v) is 3.45. The van der Waals surface area contributed by atoms with E-state index in [1.165, 1.54) is 6.08 Å². The van der Waals surface area contributed by atoms with Crippen LogP contribution in [-0.2, 0) is 4.79 Å². The maximum Gasteiger partial charge on any atom is 0.262 e. The highest BCUT2D eigenvalue weighted by Gasteiger charge is 2.17. The van der Waals surface area contributed by atoms with Crippen LogP contribution in [0.5, 0.6) is 5.75 Å². The van der Waals surface area contributed by atoms with Crippen LogP contribution in [0.4, 0.5) is 5.69 Å². The van der Waals surface area contributed by atoms with Gasteiger partial charge in [0.1, 0.15) is 11.4 Å². The minimum Gasteiger partial charge on any atom is -0.482 e. The number of amides is 1. The Morgan fingerprint density at radius 1 is 1.06 bits per heavy atom. The first kappa shape index (κ1) is 19.4. The first-order valence-electron chi connectivity index (χ1n) is 10.0. The third-order valence-electron chi connectivity index (χ3n) is 5.03. The van der Waals surface area contributed by atoms with Gasteiger partial charge in [0.2, 0.25) is 0 Å². The number of nitrogens with zero attached hydrogens (tertiary/aromatic N) is 3. The van der Waals surface area contributed by atoms with E-state index < -0.39 is 0 Å². The molecular weight excluding hydrogens is 404 g/mol. The molecular formula is C25H18N4O3. The maximum atomic E-state index is 12.8. The average Bonchev–Trinajstić information content (AvgIpc) is 3.27. The molecule has 3 heterocycles. The zero-order valence-electron chi connectivity index (χ0n) is 16.9. The first-order chi connectivity index (χ1) is 15.7. The Kier molecular flexibility index (Phi) is 5.05. The van der Waals surface area contributed by atoms with E-state index in [2.05, 4.69) is 10.3 Å². The standard InChI is InChI=1S/C25H18N4O3/c30-22(18-7-9-23-21(14-18)27-24(31)16-32-23)8-6-19-15-29(20-4-2-1-3-5-20)28-25(19)17-10-12-26-13-11-17/h1-15H,16H2,(H,27,31)/b8-6+. The summed E-state index contributed by atoms with van der Waals surface area (Å²) in [5.41, 5.74) is 4.30. The monoisotopic (exact) mass is 422 g/mol. The molecule has 5 rings (SSSR count). The van der Waals surface area contributed by atoms with Gasteiger partial charge < -0.3 is 10.1 Å². The number of ether oxygens (including phenoxy) is 1. The van der Waals surface area contributed by atoms with Crippen molar-refractivity contribution in [2.75, 3.05) is 11.9 Å². The van der Waals surface area contributed by atoms with Crippen molar-refractivity contribution < 1.29 is 14.3 Å². The number of carbonyl (C=O) groups is 2. The van der Waals surface area contributed by atoms with Crippen molar-refractivity contribution >= 4 is 23.5 Å². The van der Waals surface area contributed by atoms with Crippen molar-refractivity contribution in [1.29, 1.82) is 0 Å². The molecule has 7 nitrogen and oxygen atoms in total. The predicted molar refractivity (Wildman–Crippen MR) is 121 cm³/mol. The normalized spacial score (nSPS) is 12.8. The van der Waals surface area contributed by atoms with Gasteiger partial charge in [0.05, 0.1) is 11.4 Å². The number of benzene rings is 2. The number of anilines is 1. The molecule has 1 aliphatic heterocycles. The van der Waals surface area contributed by atoms with E-state index in [-0.39, 0.29) is 18.3 Å². The Labute approximate surface area is 184 Å². The molecule has 0 bridgehead atoms. The molecule has 7 heteroatoms. The third-order valence-corrected chi connectivity index (χ3v) is 5.03. The molecule has 1 N–H and O–H groups in total. The smallest absolute Gasteiger partial charge is 0.262 e. The first-order valence-corrected chi connectivity index (χ1v) is 10.0. The molecule has 2 aromatic carbocycles. The highest BCUT2D eigenvalue weighted by Crippen LogP contribution is 2.29. The number of nitrogens with one attached hydrogen (secondary N) is 1. The van der Waals surface area contributed by atoms with Crippen LogP contribution in [-0.4, -0.2) is 33.1 Å². The molecule has 0 saturated carbocycles. The van der Waals surface area contributed by atoms with Crippen LogP contribution in [0.3, 0.4) is 0 Å². The van der Waals surface area contributed by atoms with Gasteiger partial charge in [-0.1, -0.05) is 18.2 Å². The predicted octanol–water partition coefficient (Wildman–Crippen LogP) is 4.16. The molecule has 0 atom stereocenters. The molecule has 1 aliphatic rings. The lowest BCUT2D eigenvalue weighted by Crippen LogP contribution is -2.25. The highest BCUT2D eigenvalue weighted by molar-refractivity contribution is 6.08. The number of hydrogen-bond acceptors (Lipinski definition) is 5. The van der Waals surface area contributed by atoms with Crippen molar-refractivity contribution in [3.63, 3.8) is 0 Å². The number of carbonyl (C=O) groups excluding carboxylic acids is 2. The Balaban J connectivity index is 1.48. The van der Waals surface area contributed by atoms with Crippen molar-refractivity contribution in [2.24, 2.45) is 0 Å². The van der Waals surface area contributed by atoms with Gasteiger partial charge in [0, 0.05) is 35.3 Å². The number of fused-ring (bicyclic) bond motifs is 1. The zero-order valence-corrected chi connectivity index (χ0v) is 16.9. The molecule has 0 spiro atoms. The molecule has 32 heavy (non-hydrogen) atoms. The maximum absolute atomic E-state index is 12.8. The Morgan fingerprint density at radius 2 is 1.88 bits per heavy atom. The molecule has 1 amide bonds. The quantitative estimate of drug-likeness (QED) is 0.386. The molecule has 2 aromatic heterocycles. The summed E-state index contributed by atoms with van der Waals surface area (Å²) in [6, 6.07) is 18.5. The summed E-state index contributed by atoms with van der Waals surface area (Å²) in [4.78, 5) is 28.5. The summed E-state index contributed by atoms with van der Waals surface area (Å²) in [5.74, 6) is 0.114. The summed E-state index contributed by atoms with van der Waals surface area (Å²) < 4.78 is 7.14. The molecule has 0 radical (unpaired) electrons. The molecule has 0 unspecified atom stereocenters. The van der Waals surface area contributed by atoms with E-state index >= 15 is 0 Å². The van der Waals surface area contributed by atoms with Crippen LogP contribution in [0, 0.1) is 0 Å². The van der Waals surface area contributed by atoms with Crippen LogP contribution in [0.1, 0.15) is 15.9 Å². The van der Waals surface area contributed by atoms with Gasteiger partial charge in [-0.25, -0.2) is 4.68 Å². The second-order valence-corrected chi connectivity index (χ2v) is 7.19. The molecule has 4 aromatic rings. The van der Waals surface area contributed by atoms with Crippen LogP contribution in [0.15, 0.2) is 85.3 Å². The van der Waals surface area contributed by atoms with E-state index in [4.69, 9.17) is 9.84 Å². The Hall–Kier alpha value is -4.52. The van der Waals surface area contributed by atoms with Gasteiger partial charge in [-0.05, 0) is 54.6 Å². The lowest BCUT2D eigenvalue weighted by Gasteiger charge is -2.17. The van der Waals surface area contributed by atoms with Crippen molar-refractivity contribution in [2.45, 2.75) is 0 Å². The summed E-state index contributed by atoms with van der Waals surface area (Å²) >= 11 is 0. The number of allylic oxidation sites excluding steroid dienone is 1. The number of rotatable bonds is 5. The van der Waals surface area contributed by atoms with E-state index in [0.717, 1.165) is 22.5 Å². The van der Waals surface area contributed by atoms with Gasteiger partial charge in [-0.2, -0.15) is 5.10 Å². The largest absolute Gasteiger partial charge is 0.482 e. The Morgan fingerprint density at radius 3 is 2.69 bits per heavy atom. The van der Waals surface area contributed by atoms with Crippen LogP contribution in [0.25, 0.3) is 23.0 Å². The summed E-state index contributed by atoms with van der Waals surface area (Å²) in [6.45, 7) is -0.0244. The average molecular weight is 422 g/mol. The number of aromatic nitrogens is 3. The fraction of sp³-hybridized carbons (Fsp3) is 0.0400. The second kappa shape index (κ2) is 8.31. The number of hydrogen-bond donors (Lipinski definition) is 1. The highest BCUT2D eigenvalue weighted by atomic mass is 16.5. The summed E-state index contributed by atoms with van der Waals surface area (Å²) in [7, 11) is 0. The number of ketones is 1. The van der Waals surface area contributed by atoms with Gasteiger partial charge in [0.15, 0.2) is 12.4 Å². The molecule has 0 saturated heterocycles. The second-order valence-electron chi connectivity index (χ2n) is 7.19. The van der Waals surface area contributed by atoms with E-state index in [1.807, 2.05) is 48.7 Å². The molecule has 156 valence electrons. The SMILES string of the molecule is O=C1COc2ccc(C(=O)/C=C/c3cn(-c4ccccc4)nc3-c3ccncc3)cc2N1. The van der Waals surface area contributed by atoms with E-state index in [0.29, 0.717) is 17.0 Å². The molecule has 0 aliphatic carbocycles. The fourth-order valence-electron chi connectivity index (χ4n) is 3.45. The lowest BCUT2D eigenvalue weighted by atomic mass is 10.1. The number of para-hydroxylation sites is 1. The van der Waals surface area contributed by atoms with E-state index in [1.54, 1.807) is 41.4 Å². The number of pyridine rings is 1. The lowest BCUT2D eigenvalue weighted by molar-refractivity contribution is -0.118. The van der Waals surface area contributed by atoms with Crippen LogP contribution in [0.2, 0.25) is 0 Å². The topological polar surface area (TPSA) is 86.1 Å². The Bertz CT molecular complexity index is 1330. The summed E-state index contributed by atoms with van der Waals surface area (Å²) in [5, 5.41) is 7.45. The van der Waals surface area contributed by atoms with Crippen LogP contribution < -0.4 is 10.1 Å². The van der Waals surface area contributed by atoms with Gasteiger partial charge in [-0.15, -0.1) is 0 Å².